The van der Waals surface area contributed by atoms with Crippen molar-refractivity contribution in [2.45, 2.75) is 32.9 Å². The van der Waals surface area contributed by atoms with Crippen LogP contribution in [0.4, 0.5) is 0 Å². The highest BCUT2D eigenvalue weighted by molar-refractivity contribution is 5.79. The molecule has 2 aromatic rings. The predicted molar refractivity (Wildman–Crippen MR) is 84.6 cm³/mol. The number of hydrogen-bond donors (Lipinski definition) is 0. The molecular formula is C18H21NO. The van der Waals surface area contributed by atoms with Gasteiger partial charge < -0.3 is 4.74 Å². The Morgan fingerprint density at radius 2 is 1.75 bits per heavy atom. The molecule has 0 heterocycles. The first kappa shape index (κ1) is 14.3. The fourth-order valence-electron chi connectivity index (χ4n) is 1.79. The van der Waals surface area contributed by atoms with Crippen LogP contribution in [0.25, 0.3) is 0 Å². The van der Waals surface area contributed by atoms with Gasteiger partial charge in [-0.2, -0.15) is 0 Å². The third-order valence-electron chi connectivity index (χ3n) is 3.15. The second-order valence-corrected chi connectivity index (χ2v) is 4.86. The van der Waals surface area contributed by atoms with Crippen molar-refractivity contribution in [3.63, 3.8) is 0 Å². The van der Waals surface area contributed by atoms with E-state index in [1.165, 1.54) is 5.56 Å². The second-order valence-electron chi connectivity index (χ2n) is 4.86. The van der Waals surface area contributed by atoms with Crippen molar-refractivity contribution in [1.82, 2.24) is 0 Å². The highest BCUT2D eigenvalue weighted by Crippen LogP contribution is 2.14. The molecule has 2 nitrogen and oxygen atoms in total. The molecule has 0 aromatic heterocycles. The van der Waals surface area contributed by atoms with Gasteiger partial charge in [-0.15, -0.1) is 0 Å². The summed E-state index contributed by atoms with van der Waals surface area (Å²) in [6.07, 6.45) is 3.17. The van der Waals surface area contributed by atoms with Crippen LogP contribution in [-0.4, -0.2) is 12.3 Å². The number of rotatable bonds is 6. The maximum Gasteiger partial charge on any atom is 0.119 e. The van der Waals surface area contributed by atoms with Crippen molar-refractivity contribution in [3.05, 3.63) is 65.7 Å². The molecule has 0 saturated carbocycles. The lowest BCUT2D eigenvalue weighted by Gasteiger charge is -2.12. The van der Waals surface area contributed by atoms with E-state index in [4.69, 9.17) is 4.74 Å². The zero-order valence-electron chi connectivity index (χ0n) is 12.1. The lowest BCUT2D eigenvalue weighted by atomic mass is 10.2. The summed E-state index contributed by atoms with van der Waals surface area (Å²) in [4.78, 5) is 4.45. The molecule has 0 fully saturated rings. The summed E-state index contributed by atoms with van der Waals surface area (Å²) in [5.74, 6) is 0.916. The van der Waals surface area contributed by atoms with Crippen LogP contribution in [0.5, 0.6) is 5.75 Å². The Morgan fingerprint density at radius 3 is 2.40 bits per heavy atom. The summed E-state index contributed by atoms with van der Waals surface area (Å²) in [7, 11) is 0. The van der Waals surface area contributed by atoms with Gasteiger partial charge in [0.05, 0.1) is 12.6 Å². The molecule has 0 bridgehead atoms. The number of aliphatic imine (C=N–C) groups is 1. The van der Waals surface area contributed by atoms with Gasteiger partial charge >= 0.3 is 0 Å². The Kier molecular flexibility index (Phi) is 5.36. The maximum absolute atomic E-state index is 5.75. The number of hydrogen-bond acceptors (Lipinski definition) is 2. The topological polar surface area (TPSA) is 21.6 Å². The van der Waals surface area contributed by atoms with E-state index < -0.39 is 0 Å². The van der Waals surface area contributed by atoms with Crippen LogP contribution in [-0.2, 0) is 6.54 Å². The standard InChI is InChI=1S/C18H21NO/c1-3-15(2)20-18-11-9-17(10-12-18)14-19-13-16-7-5-4-6-8-16/h4-12,14-15H,3,13H2,1-2H3/b19-14+. The van der Waals surface area contributed by atoms with Crippen molar-refractivity contribution >= 4 is 6.21 Å². The zero-order valence-corrected chi connectivity index (χ0v) is 12.1. The smallest absolute Gasteiger partial charge is 0.119 e. The lowest BCUT2D eigenvalue weighted by molar-refractivity contribution is 0.217. The SMILES string of the molecule is CCC(C)Oc1ccc(/C=N/Cc2ccccc2)cc1. The minimum absolute atomic E-state index is 0.257. The highest BCUT2D eigenvalue weighted by Gasteiger charge is 2.00. The summed E-state index contributed by atoms with van der Waals surface area (Å²) in [6.45, 7) is 4.91. The maximum atomic E-state index is 5.75. The number of nitrogens with zero attached hydrogens (tertiary/aromatic N) is 1. The second kappa shape index (κ2) is 7.49. The molecule has 1 atom stereocenters. The normalized spacial score (nSPS) is 12.5. The minimum Gasteiger partial charge on any atom is -0.491 e. The predicted octanol–water partition coefficient (Wildman–Crippen LogP) is 4.48. The van der Waals surface area contributed by atoms with Crippen LogP contribution in [0, 0.1) is 0 Å². The van der Waals surface area contributed by atoms with Crippen LogP contribution in [0.1, 0.15) is 31.4 Å². The van der Waals surface area contributed by atoms with Gasteiger partial charge in [0.25, 0.3) is 0 Å². The first-order valence-electron chi connectivity index (χ1n) is 7.08. The summed E-state index contributed by atoms with van der Waals surface area (Å²) in [5, 5.41) is 0. The lowest BCUT2D eigenvalue weighted by Crippen LogP contribution is -2.09. The summed E-state index contributed by atoms with van der Waals surface area (Å²) in [6, 6.07) is 18.3. The average molecular weight is 267 g/mol. The fraction of sp³-hybridized carbons (Fsp3) is 0.278. The van der Waals surface area contributed by atoms with E-state index in [0.717, 1.165) is 17.7 Å². The fourth-order valence-corrected chi connectivity index (χ4v) is 1.79. The van der Waals surface area contributed by atoms with Crippen LogP contribution in [0.2, 0.25) is 0 Å². The van der Waals surface area contributed by atoms with Gasteiger partial charge in [-0.05, 0) is 48.7 Å². The van der Waals surface area contributed by atoms with Crippen LogP contribution in [0.3, 0.4) is 0 Å². The highest BCUT2D eigenvalue weighted by atomic mass is 16.5. The third kappa shape index (κ3) is 4.54. The van der Waals surface area contributed by atoms with Gasteiger partial charge in [-0.1, -0.05) is 37.3 Å². The molecule has 0 radical (unpaired) electrons. The molecule has 0 saturated heterocycles. The van der Waals surface area contributed by atoms with E-state index in [9.17, 15) is 0 Å². The summed E-state index contributed by atoms with van der Waals surface area (Å²) >= 11 is 0. The summed E-state index contributed by atoms with van der Waals surface area (Å²) < 4.78 is 5.75. The molecule has 2 heteroatoms. The molecule has 0 amide bonds. The van der Waals surface area contributed by atoms with Gasteiger partial charge in [0, 0.05) is 6.21 Å². The summed E-state index contributed by atoms with van der Waals surface area (Å²) in [5.41, 5.74) is 2.32. The van der Waals surface area contributed by atoms with Crippen LogP contribution in [0.15, 0.2) is 59.6 Å². The van der Waals surface area contributed by atoms with Gasteiger partial charge in [0.2, 0.25) is 0 Å². The van der Waals surface area contributed by atoms with Crippen LogP contribution >= 0.6 is 0 Å². The average Bonchev–Trinajstić information content (AvgIpc) is 2.50. The van der Waals surface area contributed by atoms with Crippen molar-refractivity contribution in [3.8, 4) is 5.75 Å². The van der Waals surface area contributed by atoms with Crippen LogP contribution < -0.4 is 4.74 Å². The molecule has 2 aromatic carbocycles. The molecule has 1 unspecified atom stereocenters. The molecule has 0 N–H and O–H groups in total. The first-order valence-corrected chi connectivity index (χ1v) is 7.08. The quantitative estimate of drug-likeness (QED) is 0.707. The van der Waals surface area contributed by atoms with E-state index in [1.54, 1.807) is 0 Å². The molecule has 0 aliphatic heterocycles. The van der Waals surface area contributed by atoms with Gasteiger partial charge in [0.1, 0.15) is 5.75 Å². The van der Waals surface area contributed by atoms with E-state index in [1.807, 2.05) is 48.7 Å². The van der Waals surface area contributed by atoms with Gasteiger partial charge in [0.15, 0.2) is 0 Å². The molecule has 0 spiro atoms. The zero-order chi connectivity index (χ0) is 14.2. The van der Waals surface area contributed by atoms with E-state index in [0.29, 0.717) is 6.54 Å². The van der Waals surface area contributed by atoms with E-state index >= 15 is 0 Å². The molecule has 0 aliphatic rings. The van der Waals surface area contributed by atoms with E-state index in [-0.39, 0.29) is 6.10 Å². The molecule has 104 valence electrons. The van der Waals surface area contributed by atoms with Gasteiger partial charge in [-0.3, -0.25) is 4.99 Å². The number of benzene rings is 2. The Bertz CT molecular complexity index is 531. The van der Waals surface area contributed by atoms with Crippen molar-refractivity contribution < 1.29 is 4.74 Å². The monoisotopic (exact) mass is 267 g/mol. The van der Waals surface area contributed by atoms with Gasteiger partial charge in [-0.25, -0.2) is 0 Å². The Balaban J connectivity index is 1.90. The third-order valence-corrected chi connectivity index (χ3v) is 3.15. The van der Waals surface area contributed by atoms with Crippen molar-refractivity contribution in [1.29, 1.82) is 0 Å². The Labute approximate surface area is 121 Å². The van der Waals surface area contributed by atoms with E-state index in [2.05, 4.69) is 31.0 Å². The largest absolute Gasteiger partial charge is 0.491 e. The molecule has 20 heavy (non-hydrogen) atoms. The van der Waals surface area contributed by atoms with Crippen molar-refractivity contribution in [2.24, 2.45) is 4.99 Å². The Morgan fingerprint density at radius 1 is 1.05 bits per heavy atom. The first-order chi connectivity index (χ1) is 9.78. The molecule has 2 rings (SSSR count). The Hall–Kier alpha value is -2.09. The molecule has 0 aliphatic carbocycles. The molecular weight excluding hydrogens is 246 g/mol. The number of ether oxygens (including phenoxy) is 1. The minimum atomic E-state index is 0.257. The van der Waals surface area contributed by atoms with Crippen molar-refractivity contribution in [2.75, 3.05) is 0 Å².